The molecule has 0 bridgehead atoms. The zero-order valence-corrected chi connectivity index (χ0v) is 26.3. The van der Waals surface area contributed by atoms with Gasteiger partial charge in [-0.05, 0) is 31.4 Å². The number of aromatic nitrogens is 3. The molecule has 1 saturated heterocycles. The molecule has 41 heavy (non-hydrogen) atoms. The fourth-order valence-electron chi connectivity index (χ4n) is 5.48. The number of nitrogens with zero attached hydrogens (tertiary/aromatic N) is 3. The van der Waals surface area contributed by atoms with Gasteiger partial charge in [-0.2, -0.15) is 5.10 Å². The molecule has 2 aromatic rings. The van der Waals surface area contributed by atoms with Gasteiger partial charge in [0.25, 0.3) is 0 Å². The lowest BCUT2D eigenvalue weighted by molar-refractivity contribution is 0.00877. The summed E-state index contributed by atoms with van der Waals surface area (Å²) in [7, 11) is -1.94. The number of nitrogen functional groups attached to an aromatic ring is 1. The Bertz CT molecular complexity index is 933. The molecule has 1 aliphatic heterocycles. The highest BCUT2D eigenvalue weighted by atomic mass is 31.2. The monoisotopic (exact) mass is 594 g/mol. The van der Waals surface area contributed by atoms with Crippen LogP contribution < -0.4 is 5.73 Å². The Morgan fingerprint density at radius 2 is 1.49 bits per heavy atom. The summed E-state index contributed by atoms with van der Waals surface area (Å²) in [6.07, 6.45) is 24.8. The third-order valence-corrected chi connectivity index (χ3v) is 8.66. The summed E-state index contributed by atoms with van der Waals surface area (Å²) in [5.74, 6) is 0.446. The van der Waals surface area contributed by atoms with Crippen LogP contribution in [0.4, 0.5) is 5.82 Å². The summed E-state index contributed by atoms with van der Waals surface area (Å²) in [5, 5.41) is 4.29. The minimum Gasteiger partial charge on any atom is -0.382 e. The van der Waals surface area contributed by atoms with Gasteiger partial charge >= 0.3 is 8.60 Å². The van der Waals surface area contributed by atoms with E-state index in [4.69, 9.17) is 24.3 Å². The normalized spacial score (nSPS) is 18.0. The predicted octanol–water partition coefficient (Wildman–Crippen LogP) is 8.06. The van der Waals surface area contributed by atoms with Gasteiger partial charge in [-0.3, -0.25) is 0 Å². The van der Waals surface area contributed by atoms with E-state index in [0.29, 0.717) is 25.6 Å². The zero-order valence-electron chi connectivity index (χ0n) is 25.4. The van der Waals surface area contributed by atoms with Crippen molar-refractivity contribution >= 4 is 19.9 Å². The quantitative estimate of drug-likeness (QED) is 0.0876. The Labute approximate surface area is 248 Å². The van der Waals surface area contributed by atoms with Gasteiger partial charge in [0.05, 0.1) is 31.6 Å². The SMILES string of the molecule is CCCCCCCCCCCCCCCCCCOCCOP(O)OCC1CCC(c2ccc3c(N)ncnn23)O1. The van der Waals surface area contributed by atoms with E-state index in [1.807, 2.05) is 12.1 Å². The maximum atomic E-state index is 10.1. The first kappa shape index (κ1) is 34.1. The van der Waals surface area contributed by atoms with E-state index < -0.39 is 8.60 Å². The van der Waals surface area contributed by atoms with Crippen LogP contribution in [-0.4, -0.2) is 52.0 Å². The average molecular weight is 595 g/mol. The number of anilines is 1. The smallest absolute Gasteiger partial charge is 0.330 e. The maximum Gasteiger partial charge on any atom is 0.330 e. The molecule has 3 unspecified atom stereocenters. The van der Waals surface area contributed by atoms with Crippen molar-refractivity contribution in [2.75, 3.05) is 32.2 Å². The van der Waals surface area contributed by atoms with Crippen molar-refractivity contribution in [3.8, 4) is 0 Å². The highest BCUT2D eigenvalue weighted by molar-refractivity contribution is 7.40. The molecule has 234 valence electrons. The second kappa shape index (κ2) is 21.4. The van der Waals surface area contributed by atoms with Crippen LogP contribution >= 0.6 is 8.60 Å². The molecule has 0 aliphatic carbocycles. The van der Waals surface area contributed by atoms with Gasteiger partial charge < -0.3 is 29.1 Å². The zero-order chi connectivity index (χ0) is 29.0. The van der Waals surface area contributed by atoms with E-state index in [0.717, 1.165) is 37.1 Å². The third kappa shape index (κ3) is 13.7. The summed E-state index contributed by atoms with van der Waals surface area (Å²) < 4.78 is 24.4. The first-order chi connectivity index (χ1) is 20.2. The molecule has 0 saturated carbocycles. The Morgan fingerprint density at radius 1 is 0.854 bits per heavy atom. The molecule has 0 aromatic carbocycles. The van der Waals surface area contributed by atoms with Crippen molar-refractivity contribution in [2.24, 2.45) is 0 Å². The number of hydrogen-bond acceptors (Lipinski definition) is 8. The Kier molecular flexibility index (Phi) is 17.8. The van der Waals surface area contributed by atoms with Gasteiger partial charge in [0, 0.05) is 6.61 Å². The topological polar surface area (TPSA) is 113 Å². The maximum absolute atomic E-state index is 10.1. The second-order valence-electron chi connectivity index (χ2n) is 11.3. The number of rotatable bonds is 25. The Hall–Kier alpha value is -1.35. The minimum absolute atomic E-state index is 0.0934. The van der Waals surface area contributed by atoms with Crippen molar-refractivity contribution < 1.29 is 23.4 Å². The summed E-state index contributed by atoms with van der Waals surface area (Å²) >= 11 is 0. The molecule has 0 spiro atoms. The number of unbranched alkanes of at least 4 members (excludes halogenated alkanes) is 15. The number of hydrogen-bond donors (Lipinski definition) is 2. The fraction of sp³-hybridized carbons (Fsp3) is 0.806. The second-order valence-corrected chi connectivity index (χ2v) is 12.3. The van der Waals surface area contributed by atoms with Crippen molar-refractivity contribution in [3.05, 3.63) is 24.2 Å². The van der Waals surface area contributed by atoms with E-state index in [1.165, 1.54) is 103 Å². The van der Waals surface area contributed by atoms with Gasteiger partial charge in [-0.15, -0.1) is 0 Å². The minimum atomic E-state index is -1.94. The Balaban J connectivity index is 1.06. The third-order valence-electron chi connectivity index (χ3n) is 7.89. The fourth-order valence-corrected chi connectivity index (χ4v) is 6.07. The van der Waals surface area contributed by atoms with Crippen LogP contribution in [0, 0.1) is 0 Å². The van der Waals surface area contributed by atoms with Gasteiger partial charge in [0.1, 0.15) is 17.9 Å². The molecule has 9 nitrogen and oxygen atoms in total. The van der Waals surface area contributed by atoms with Crippen LogP contribution in [0.25, 0.3) is 5.52 Å². The van der Waals surface area contributed by atoms with E-state index in [9.17, 15) is 4.89 Å². The summed E-state index contributed by atoms with van der Waals surface area (Å²) in [6, 6.07) is 3.87. The molecule has 3 heterocycles. The molecule has 1 aliphatic rings. The van der Waals surface area contributed by atoms with Gasteiger partial charge in [-0.1, -0.05) is 103 Å². The van der Waals surface area contributed by atoms with Crippen molar-refractivity contribution in [1.29, 1.82) is 0 Å². The largest absolute Gasteiger partial charge is 0.382 e. The summed E-state index contributed by atoms with van der Waals surface area (Å²) in [4.78, 5) is 14.1. The molecule has 10 heteroatoms. The lowest BCUT2D eigenvalue weighted by atomic mass is 10.0. The van der Waals surface area contributed by atoms with Crippen LogP contribution in [0.15, 0.2) is 18.5 Å². The molecule has 1 fully saturated rings. The highest BCUT2D eigenvalue weighted by Gasteiger charge is 2.30. The van der Waals surface area contributed by atoms with Crippen molar-refractivity contribution in [1.82, 2.24) is 14.6 Å². The molecular formula is C31H55N4O5P. The van der Waals surface area contributed by atoms with E-state index in [1.54, 1.807) is 4.52 Å². The van der Waals surface area contributed by atoms with Gasteiger partial charge in [-0.25, -0.2) is 9.50 Å². The van der Waals surface area contributed by atoms with E-state index in [-0.39, 0.29) is 12.2 Å². The molecule has 0 amide bonds. The first-order valence-corrected chi connectivity index (χ1v) is 17.4. The molecule has 0 radical (unpaired) electrons. The van der Waals surface area contributed by atoms with Crippen LogP contribution in [0.2, 0.25) is 0 Å². The molecule has 3 N–H and O–H groups in total. The molecular weight excluding hydrogens is 539 g/mol. The van der Waals surface area contributed by atoms with Crippen LogP contribution in [0.3, 0.4) is 0 Å². The van der Waals surface area contributed by atoms with Crippen LogP contribution in [-0.2, 0) is 18.5 Å². The van der Waals surface area contributed by atoms with Gasteiger partial charge in [0.2, 0.25) is 0 Å². The van der Waals surface area contributed by atoms with Gasteiger partial charge in [0.15, 0.2) is 5.82 Å². The number of nitrogens with two attached hydrogens (primary N) is 1. The molecule has 3 atom stereocenters. The lowest BCUT2D eigenvalue weighted by Gasteiger charge is -2.16. The average Bonchev–Trinajstić information content (AvgIpc) is 3.63. The summed E-state index contributed by atoms with van der Waals surface area (Å²) in [5.41, 5.74) is 7.64. The standard InChI is InChI=1S/C31H55N4O5P/c1-2-3-4-5-6-7-8-9-10-11-12-13-14-15-16-17-22-37-23-24-38-41(36)39-25-27-18-21-30(40-27)28-19-20-29-31(32)33-26-34-35(28)29/h19-20,26-27,30,36H,2-18,21-25H2,1H3,(H2,32,33,34). The number of ether oxygens (including phenoxy) is 2. The van der Waals surface area contributed by atoms with E-state index >= 15 is 0 Å². The molecule has 2 aromatic heterocycles. The lowest BCUT2D eigenvalue weighted by Crippen LogP contribution is -2.15. The summed E-state index contributed by atoms with van der Waals surface area (Å²) in [6.45, 7) is 4.11. The van der Waals surface area contributed by atoms with E-state index in [2.05, 4.69) is 17.0 Å². The van der Waals surface area contributed by atoms with Crippen LogP contribution in [0.1, 0.15) is 134 Å². The number of fused-ring (bicyclic) bond motifs is 1. The molecule has 3 rings (SSSR count). The van der Waals surface area contributed by atoms with Crippen molar-refractivity contribution in [2.45, 2.75) is 135 Å². The predicted molar refractivity (Wildman–Crippen MR) is 166 cm³/mol. The Morgan fingerprint density at radius 3 is 2.15 bits per heavy atom. The highest BCUT2D eigenvalue weighted by Crippen LogP contribution is 2.37. The van der Waals surface area contributed by atoms with Crippen LogP contribution in [0.5, 0.6) is 0 Å². The first-order valence-electron chi connectivity index (χ1n) is 16.2. The van der Waals surface area contributed by atoms with Crippen molar-refractivity contribution in [3.63, 3.8) is 0 Å².